The molecule has 0 aliphatic carbocycles. The van der Waals surface area contributed by atoms with Crippen molar-refractivity contribution in [2.75, 3.05) is 52.9 Å². The minimum Gasteiger partial charge on any atom is -0.475 e. The lowest BCUT2D eigenvalue weighted by Gasteiger charge is -2.40. The second kappa shape index (κ2) is 16.3. The van der Waals surface area contributed by atoms with Gasteiger partial charge in [-0.05, 0) is 38.9 Å². The molecular formula is C30H40F6N4O6. The second-order valence-corrected chi connectivity index (χ2v) is 11.9. The van der Waals surface area contributed by atoms with Gasteiger partial charge in [0, 0.05) is 51.6 Å². The number of carbonyl (C=O) groups excluding carboxylic acids is 1. The van der Waals surface area contributed by atoms with Crippen molar-refractivity contribution in [1.82, 2.24) is 19.7 Å². The van der Waals surface area contributed by atoms with E-state index in [1.54, 1.807) is 0 Å². The van der Waals surface area contributed by atoms with E-state index in [2.05, 4.69) is 26.7 Å². The Bertz CT molecular complexity index is 1260. The number of likely N-dealkylation sites (tertiary alicyclic amines) is 1. The van der Waals surface area contributed by atoms with E-state index in [1.165, 1.54) is 32.5 Å². The molecule has 0 saturated carbocycles. The van der Waals surface area contributed by atoms with Crippen LogP contribution in [0.3, 0.4) is 0 Å². The molecule has 0 unspecified atom stereocenters. The third-order valence-electron chi connectivity index (χ3n) is 7.53. The van der Waals surface area contributed by atoms with Gasteiger partial charge in [-0.1, -0.05) is 44.2 Å². The van der Waals surface area contributed by atoms with Crippen LogP contribution in [0, 0.1) is 18.3 Å². The summed E-state index contributed by atoms with van der Waals surface area (Å²) in [6.07, 6.45) is -7.03. The van der Waals surface area contributed by atoms with Gasteiger partial charge in [0.1, 0.15) is 11.5 Å². The largest absolute Gasteiger partial charge is 0.490 e. The molecule has 16 heteroatoms. The molecule has 1 aromatic heterocycles. The molecule has 258 valence electrons. The quantitative estimate of drug-likeness (QED) is 0.411. The molecule has 2 aromatic rings. The Labute approximate surface area is 263 Å². The van der Waals surface area contributed by atoms with Crippen LogP contribution in [-0.2, 0) is 20.8 Å². The van der Waals surface area contributed by atoms with E-state index in [-0.39, 0.29) is 5.91 Å². The number of carbonyl (C=O) groups is 3. The van der Waals surface area contributed by atoms with E-state index in [0.717, 1.165) is 49.1 Å². The van der Waals surface area contributed by atoms with Crippen LogP contribution in [0.25, 0.3) is 11.3 Å². The number of hydrogen-bond acceptors (Lipinski definition) is 7. The number of alkyl halides is 6. The molecule has 2 aliphatic rings. The standard InChI is InChI=1S/C26H38N4O2.2C2HF3O2/c1-20-27-24(22-8-6-5-7-9-22)23(32-20)18-26(2,3)25(31)30-16-14-29(15-17-30)19-21-10-12-28(4)13-11-21;2*3-2(4,5)1(6)7/h5-9,21H,10-19H2,1-4H3;2*(H,6,7). The summed E-state index contributed by atoms with van der Waals surface area (Å²) in [5.74, 6) is -3.06. The Morgan fingerprint density at radius 2 is 1.35 bits per heavy atom. The third kappa shape index (κ3) is 12.3. The topological polar surface area (TPSA) is 127 Å². The van der Waals surface area contributed by atoms with Gasteiger partial charge < -0.3 is 24.4 Å². The molecule has 0 atom stereocenters. The van der Waals surface area contributed by atoms with E-state index >= 15 is 0 Å². The first kappa shape index (κ1) is 38.5. The summed E-state index contributed by atoms with van der Waals surface area (Å²) in [7, 11) is 2.21. The number of benzene rings is 1. The van der Waals surface area contributed by atoms with Gasteiger partial charge >= 0.3 is 24.3 Å². The molecule has 1 amide bonds. The van der Waals surface area contributed by atoms with E-state index in [1.807, 2.05) is 51.1 Å². The molecular weight excluding hydrogens is 626 g/mol. The molecule has 2 saturated heterocycles. The van der Waals surface area contributed by atoms with Crippen molar-refractivity contribution in [2.24, 2.45) is 11.3 Å². The lowest BCUT2D eigenvalue weighted by Crippen LogP contribution is -2.53. The first-order valence-corrected chi connectivity index (χ1v) is 14.5. The van der Waals surface area contributed by atoms with Gasteiger partial charge in [0.25, 0.3) is 0 Å². The molecule has 46 heavy (non-hydrogen) atoms. The van der Waals surface area contributed by atoms with Gasteiger partial charge in [-0.15, -0.1) is 0 Å². The maximum Gasteiger partial charge on any atom is 0.490 e. The zero-order chi connectivity index (χ0) is 34.9. The molecule has 3 heterocycles. The van der Waals surface area contributed by atoms with Crippen molar-refractivity contribution in [3.05, 3.63) is 42.0 Å². The molecule has 0 radical (unpaired) electrons. The fourth-order valence-electron chi connectivity index (χ4n) is 5.06. The lowest BCUT2D eigenvalue weighted by molar-refractivity contribution is -0.193. The predicted molar refractivity (Wildman–Crippen MR) is 155 cm³/mol. The number of aromatic nitrogens is 1. The molecule has 2 N–H and O–H groups in total. The van der Waals surface area contributed by atoms with Crippen molar-refractivity contribution in [2.45, 2.75) is 52.4 Å². The van der Waals surface area contributed by atoms with Gasteiger partial charge in [-0.2, -0.15) is 26.3 Å². The number of halogens is 6. The fraction of sp³-hybridized carbons (Fsp3) is 0.600. The van der Waals surface area contributed by atoms with Gasteiger partial charge in [0.15, 0.2) is 5.89 Å². The monoisotopic (exact) mass is 666 g/mol. The highest BCUT2D eigenvalue weighted by Gasteiger charge is 2.39. The Kier molecular flexibility index (Phi) is 13.6. The molecule has 2 aliphatic heterocycles. The number of amides is 1. The van der Waals surface area contributed by atoms with Gasteiger partial charge in [0.2, 0.25) is 5.91 Å². The van der Waals surface area contributed by atoms with Crippen molar-refractivity contribution >= 4 is 17.8 Å². The zero-order valence-electron chi connectivity index (χ0n) is 26.1. The number of piperidine rings is 1. The van der Waals surface area contributed by atoms with Crippen LogP contribution >= 0.6 is 0 Å². The first-order valence-electron chi connectivity index (χ1n) is 14.5. The number of carboxylic acid groups (broad SMARTS) is 2. The Balaban J connectivity index is 0.000000440. The Morgan fingerprint density at radius 1 is 0.870 bits per heavy atom. The summed E-state index contributed by atoms with van der Waals surface area (Å²) in [6, 6.07) is 10.1. The number of piperazine rings is 1. The summed E-state index contributed by atoms with van der Waals surface area (Å²) in [4.78, 5) is 42.9. The zero-order valence-corrected chi connectivity index (χ0v) is 26.1. The minimum atomic E-state index is -5.08. The number of aliphatic carboxylic acids is 2. The fourth-order valence-corrected chi connectivity index (χ4v) is 5.06. The molecule has 1 aromatic carbocycles. The molecule has 0 bridgehead atoms. The predicted octanol–water partition coefficient (Wildman–Crippen LogP) is 4.97. The first-order chi connectivity index (χ1) is 21.2. The van der Waals surface area contributed by atoms with Crippen LogP contribution in [0.2, 0.25) is 0 Å². The maximum absolute atomic E-state index is 13.5. The molecule has 0 spiro atoms. The number of nitrogens with zero attached hydrogens (tertiary/aromatic N) is 4. The van der Waals surface area contributed by atoms with Crippen LogP contribution in [-0.4, -0.2) is 113 Å². The summed E-state index contributed by atoms with van der Waals surface area (Å²) in [5.41, 5.74) is 1.35. The number of hydrogen-bond donors (Lipinski definition) is 2. The minimum absolute atomic E-state index is 0.213. The molecule has 4 rings (SSSR count). The van der Waals surface area contributed by atoms with Crippen molar-refractivity contribution in [3.8, 4) is 11.3 Å². The number of rotatable bonds is 6. The number of oxazole rings is 1. The number of carboxylic acids is 2. The highest BCUT2D eigenvalue weighted by atomic mass is 19.4. The van der Waals surface area contributed by atoms with Gasteiger partial charge in [0.05, 0.1) is 5.41 Å². The van der Waals surface area contributed by atoms with Crippen LogP contribution in [0.4, 0.5) is 26.3 Å². The summed E-state index contributed by atoms with van der Waals surface area (Å²) in [5, 5.41) is 14.2. The smallest absolute Gasteiger partial charge is 0.475 e. The van der Waals surface area contributed by atoms with Gasteiger partial charge in [-0.25, -0.2) is 14.6 Å². The normalized spacial score (nSPS) is 17.0. The van der Waals surface area contributed by atoms with Crippen molar-refractivity contribution in [1.29, 1.82) is 0 Å². The van der Waals surface area contributed by atoms with Gasteiger partial charge in [-0.3, -0.25) is 9.69 Å². The maximum atomic E-state index is 13.5. The molecule has 2 fully saturated rings. The van der Waals surface area contributed by atoms with Crippen molar-refractivity contribution in [3.63, 3.8) is 0 Å². The third-order valence-corrected chi connectivity index (χ3v) is 7.53. The average molecular weight is 667 g/mol. The summed E-state index contributed by atoms with van der Waals surface area (Å²) in [6.45, 7) is 13.1. The summed E-state index contributed by atoms with van der Waals surface area (Å²) >= 11 is 0. The highest BCUT2D eigenvalue weighted by Crippen LogP contribution is 2.32. The SMILES string of the molecule is Cc1nc(-c2ccccc2)c(CC(C)(C)C(=O)N2CCN(CC3CCN(C)CC3)CC2)o1.O=C(O)C(F)(F)F.O=C(O)C(F)(F)F. The highest BCUT2D eigenvalue weighted by molar-refractivity contribution is 5.82. The van der Waals surface area contributed by atoms with E-state index < -0.39 is 29.7 Å². The number of aryl methyl sites for hydroxylation is 1. The summed E-state index contributed by atoms with van der Waals surface area (Å²) < 4.78 is 69.4. The van der Waals surface area contributed by atoms with Crippen LogP contribution in [0.5, 0.6) is 0 Å². The Morgan fingerprint density at radius 3 is 1.80 bits per heavy atom. The van der Waals surface area contributed by atoms with Crippen LogP contribution < -0.4 is 0 Å². The average Bonchev–Trinajstić information content (AvgIpc) is 3.33. The van der Waals surface area contributed by atoms with E-state index in [4.69, 9.17) is 24.2 Å². The van der Waals surface area contributed by atoms with E-state index in [0.29, 0.717) is 12.3 Å². The van der Waals surface area contributed by atoms with Crippen LogP contribution in [0.15, 0.2) is 34.7 Å². The molecule has 10 nitrogen and oxygen atoms in total. The second-order valence-electron chi connectivity index (χ2n) is 11.9. The van der Waals surface area contributed by atoms with Crippen LogP contribution in [0.1, 0.15) is 38.3 Å². The van der Waals surface area contributed by atoms with E-state index in [9.17, 15) is 31.1 Å². The Hall–Kier alpha value is -3.66. The lowest BCUT2D eigenvalue weighted by atomic mass is 9.85. The van der Waals surface area contributed by atoms with Crippen molar-refractivity contribution < 1.29 is 55.4 Å².